The van der Waals surface area contributed by atoms with Gasteiger partial charge in [0.15, 0.2) is 0 Å². The first-order valence-electron chi connectivity index (χ1n) is 9.92. The molecule has 0 amide bonds. The molecule has 166 valence electrons. The molecule has 0 saturated heterocycles. The van der Waals surface area contributed by atoms with Crippen LogP contribution in [-0.4, -0.2) is 77.3 Å². The number of hydrogen-bond donors (Lipinski definition) is 3. The van der Waals surface area contributed by atoms with E-state index in [2.05, 4.69) is 22.0 Å². The fourth-order valence-corrected chi connectivity index (χ4v) is 3.14. The van der Waals surface area contributed by atoms with Crippen molar-refractivity contribution in [2.24, 2.45) is 12.8 Å². The van der Waals surface area contributed by atoms with Crippen LogP contribution in [0.1, 0.15) is 33.3 Å². The molecule has 0 aliphatic heterocycles. The molecule has 9 nitrogen and oxygen atoms in total. The van der Waals surface area contributed by atoms with Crippen molar-refractivity contribution in [3.63, 3.8) is 0 Å². The smallest absolute Gasteiger partial charge is 0.246 e. The zero-order valence-electron chi connectivity index (χ0n) is 18.9. The molecular formula is C20H38N6O3. The molecule has 0 saturated carbocycles. The molecule has 0 fully saturated rings. The highest BCUT2D eigenvalue weighted by molar-refractivity contribution is 5.70. The van der Waals surface area contributed by atoms with E-state index in [0.717, 1.165) is 5.70 Å². The van der Waals surface area contributed by atoms with Gasteiger partial charge in [0.05, 0.1) is 19.3 Å². The average Bonchev–Trinajstić information content (AvgIpc) is 2.96. The van der Waals surface area contributed by atoms with Gasteiger partial charge in [0.25, 0.3) is 0 Å². The molecule has 0 aliphatic carbocycles. The van der Waals surface area contributed by atoms with Gasteiger partial charge in [-0.1, -0.05) is 12.7 Å². The van der Waals surface area contributed by atoms with E-state index in [1.165, 1.54) is 0 Å². The van der Waals surface area contributed by atoms with Gasteiger partial charge in [-0.05, 0) is 34.7 Å². The maximum atomic E-state index is 9.40. The van der Waals surface area contributed by atoms with Gasteiger partial charge in [0, 0.05) is 38.6 Å². The molecule has 1 heterocycles. The van der Waals surface area contributed by atoms with Gasteiger partial charge >= 0.3 is 0 Å². The number of nitrogens with one attached hydrogen (secondary N) is 1. The lowest BCUT2D eigenvalue weighted by molar-refractivity contribution is 0.111. The number of hydrazine groups is 1. The van der Waals surface area contributed by atoms with Crippen molar-refractivity contribution in [1.82, 2.24) is 25.1 Å². The van der Waals surface area contributed by atoms with Gasteiger partial charge in [-0.15, -0.1) is 5.10 Å². The van der Waals surface area contributed by atoms with Crippen molar-refractivity contribution in [3.8, 4) is 11.8 Å². The molecule has 4 N–H and O–H groups in total. The summed E-state index contributed by atoms with van der Waals surface area (Å²) in [5.74, 6) is 1.05. The monoisotopic (exact) mass is 410 g/mol. The van der Waals surface area contributed by atoms with Gasteiger partial charge < -0.3 is 25.3 Å². The first-order valence-corrected chi connectivity index (χ1v) is 9.92. The summed E-state index contributed by atoms with van der Waals surface area (Å²) in [4.78, 5) is 2.11. The molecule has 0 spiro atoms. The summed E-state index contributed by atoms with van der Waals surface area (Å²) in [7, 11) is 5.62. The predicted molar refractivity (Wildman–Crippen MR) is 116 cm³/mol. The number of allylic oxidation sites excluding steroid dienone is 1. The van der Waals surface area contributed by atoms with E-state index in [4.69, 9.17) is 15.2 Å². The van der Waals surface area contributed by atoms with Crippen molar-refractivity contribution in [3.05, 3.63) is 23.9 Å². The Labute approximate surface area is 174 Å². The molecule has 1 aromatic rings. The lowest BCUT2D eigenvalue weighted by Gasteiger charge is -2.33. The normalized spacial score (nSPS) is 14.0. The Morgan fingerprint density at radius 3 is 2.62 bits per heavy atom. The number of aryl methyl sites for hydroxylation is 1. The first-order chi connectivity index (χ1) is 13.7. The minimum absolute atomic E-state index is 0.0425. The molecule has 1 aromatic heterocycles. The Kier molecular flexibility index (Phi) is 10.0. The second-order valence-electron chi connectivity index (χ2n) is 7.10. The number of ether oxygens (including phenoxy) is 2. The Bertz CT molecular complexity index is 688. The third-order valence-corrected chi connectivity index (χ3v) is 4.46. The Balaban J connectivity index is 2.84. The number of aromatic nitrogens is 2. The average molecular weight is 411 g/mol. The molecule has 0 radical (unpaired) electrons. The van der Waals surface area contributed by atoms with Crippen LogP contribution in [0.3, 0.4) is 0 Å². The number of likely N-dealkylation sites (N-methyl/N-ethyl adjacent to an activating group) is 1. The van der Waals surface area contributed by atoms with Crippen LogP contribution in [0.25, 0.3) is 5.70 Å². The fourth-order valence-electron chi connectivity index (χ4n) is 3.14. The van der Waals surface area contributed by atoms with E-state index in [1.807, 2.05) is 59.9 Å². The van der Waals surface area contributed by atoms with Crippen LogP contribution in [0.2, 0.25) is 0 Å². The number of rotatable bonds is 13. The lowest BCUT2D eigenvalue weighted by Crippen LogP contribution is -2.46. The van der Waals surface area contributed by atoms with E-state index in [0.29, 0.717) is 42.7 Å². The molecule has 0 bridgehead atoms. The topological polar surface area (TPSA) is 101 Å². The molecule has 29 heavy (non-hydrogen) atoms. The number of hydrogen-bond acceptors (Lipinski definition) is 8. The first kappa shape index (κ1) is 24.8. The standard InChI is InChI=1S/C20H38N6O3/c1-9-17(21)18-19(28-10-2)23-25(8)20(18)29-16(5)12-24(7)11-14(3)26(22-6)15(4)13-27/h9,15-16,22,27H,3,10-13,21H2,1-2,4-8H3/b17-9-/t15-,16-/m0/s1. The summed E-state index contributed by atoms with van der Waals surface area (Å²) in [6, 6.07) is -0.0626. The van der Waals surface area contributed by atoms with E-state index < -0.39 is 0 Å². The van der Waals surface area contributed by atoms with E-state index in [-0.39, 0.29) is 18.8 Å². The van der Waals surface area contributed by atoms with Crippen molar-refractivity contribution >= 4 is 5.70 Å². The summed E-state index contributed by atoms with van der Waals surface area (Å²) in [6.45, 7) is 13.6. The van der Waals surface area contributed by atoms with Crippen molar-refractivity contribution < 1.29 is 14.6 Å². The van der Waals surface area contributed by atoms with Gasteiger partial charge in [0.2, 0.25) is 11.8 Å². The summed E-state index contributed by atoms with van der Waals surface area (Å²) in [6.07, 6.45) is 1.68. The van der Waals surface area contributed by atoms with Crippen LogP contribution in [-0.2, 0) is 7.05 Å². The Morgan fingerprint density at radius 1 is 1.45 bits per heavy atom. The molecular weight excluding hydrogens is 372 g/mol. The molecule has 2 atom stereocenters. The molecule has 1 rings (SSSR count). The summed E-state index contributed by atoms with van der Waals surface area (Å²) >= 11 is 0. The third-order valence-electron chi connectivity index (χ3n) is 4.46. The molecule has 0 aromatic carbocycles. The van der Waals surface area contributed by atoms with Crippen molar-refractivity contribution in [2.45, 2.75) is 39.8 Å². The van der Waals surface area contributed by atoms with Gasteiger partial charge in [-0.2, -0.15) is 0 Å². The van der Waals surface area contributed by atoms with Crippen LogP contribution in [0.15, 0.2) is 18.4 Å². The fraction of sp³-hybridized carbons (Fsp3) is 0.650. The molecule has 9 heteroatoms. The van der Waals surface area contributed by atoms with Gasteiger partial charge in [-0.25, -0.2) is 10.1 Å². The van der Waals surface area contributed by atoms with Gasteiger partial charge in [-0.3, -0.25) is 4.90 Å². The van der Waals surface area contributed by atoms with Crippen LogP contribution in [0.4, 0.5) is 0 Å². The summed E-state index contributed by atoms with van der Waals surface area (Å²) in [5.41, 5.74) is 11.3. The molecule has 0 aliphatic rings. The second-order valence-corrected chi connectivity index (χ2v) is 7.10. The van der Waals surface area contributed by atoms with E-state index in [9.17, 15) is 5.11 Å². The molecule has 0 unspecified atom stereocenters. The van der Waals surface area contributed by atoms with Crippen LogP contribution in [0, 0.1) is 0 Å². The Morgan fingerprint density at radius 2 is 2.10 bits per heavy atom. The van der Waals surface area contributed by atoms with Crippen LogP contribution in [0.5, 0.6) is 11.8 Å². The highest BCUT2D eigenvalue weighted by Gasteiger charge is 2.23. The second kappa shape index (κ2) is 11.7. The quantitative estimate of drug-likeness (QED) is 0.417. The SMILES string of the molecule is C=C(CN(C)C[C@H](C)Oc1c(/C(N)=C/C)c(OCC)nn1C)N(NC)[C@@H](C)CO. The largest absolute Gasteiger partial charge is 0.476 e. The lowest BCUT2D eigenvalue weighted by atomic mass is 10.2. The summed E-state index contributed by atoms with van der Waals surface area (Å²) < 4.78 is 13.5. The highest BCUT2D eigenvalue weighted by Crippen LogP contribution is 2.32. The van der Waals surface area contributed by atoms with Crippen LogP contribution < -0.4 is 20.6 Å². The maximum absolute atomic E-state index is 9.40. The predicted octanol–water partition coefficient (Wildman–Crippen LogP) is 1.17. The maximum Gasteiger partial charge on any atom is 0.246 e. The van der Waals surface area contributed by atoms with Crippen LogP contribution >= 0.6 is 0 Å². The van der Waals surface area contributed by atoms with Gasteiger partial charge in [0.1, 0.15) is 11.7 Å². The number of nitrogens with zero attached hydrogens (tertiary/aromatic N) is 4. The summed E-state index contributed by atoms with van der Waals surface area (Å²) in [5, 5.41) is 15.7. The van der Waals surface area contributed by atoms with Crippen molar-refractivity contribution in [1.29, 1.82) is 0 Å². The van der Waals surface area contributed by atoms with E-state index >= 15 is 0 Å². The minimum atomic E-state index is -0.126. The Hall–Kier alpha value is -2.23. The van der Waals surface area contributed by atoms with Crippen molar-refractivity contribution in [2.75, 3.05) is 40.4 Å². The third kappa shape index (κ3) is 6.66. The number of aliphatic hydroxyl groups is 1. The zero-order chi connectivity index (χ0) is 22.1. The minimum Gasteiger partial charge on any atom is -0.476 e. The van der Waals surface area contributed by atoms with E-state index in [1.54, 1.807) is 4.68 Å². The number of nitrogens with two attached hydrogens (primary N) is 1. The zero-order valence-corrected chi connectivity index (χ0v) is 18.9. The highest BCUT2D eigenvalue weighted by atomic mass is 16.5. The number of aliphatic hydroxyl groups excluding tert-OH is 1.